The summed E-state index contributed by atoms with van der Waals surface area (Å²) < 4.78 is 10.5. The average Bonchev–Trinajstić information content (AvgIpc) is 2.57. The zero-order chi connectivity index (χ0) is 17.4. The number of hydrogen-bond acceptors (Lipinski definition) is 4. The molecule has 0 radical (unpaired) electrons. The number of carbonyl (C=O) groups is 1. The first-order valence-electron chi connectivity index (χ1n) is 7.91. The summed E-state index contributed by atoms with van der Waals surface area (Å²) in [5.41, 5.74) is 4.07. The van der Waals surface area contributed by atoms with Crippen LogP contribution in [0.2, 0.25) is 0 Å². The van der Waals surface area contributed by atoms with Gasteiger partial charge in [0.05, 0.1) is 13.2 Å². The lowest BCUT2D eigenvalue weighted by atomic mass is 10.1. The summed E-state index contributed by atoms with van der Waals surface area (Å²) in [5.74, 6) is 0.592. The molecule has 0 bridgehead atoms. The summed E-state index contributed by atoms with van der Waals surface area (Å²) in [5, 5.41) is 5.99. The first-order valence-corrected chi connectivity index (χ1v) is 7.91. The van der Waals surface area contributed by atoms with Gasteiger partial charge in [0.15, 0.2) is 0 Å². The Hall–Kier alpha value is -2.53. The van der Waals surface area contributed by atoms with E-state index in [-0.39, 0.29) is 12.5 Å². The topological polar surface area (TPSA) is 59.6 Å². The fourth-order valence-corrected chi connectivity index (χ4v) is 2.15. The quantitative estimate of drug-likeness (QED) is 0.729. The van der Waals surface area contributed by atoms with Gasteiger partial charge in [0.25, 0.3) is 0 Å². The van der Waals surface area contributed by atoms with Crippen LogP contribution < -0.4 is 15.4 Å². The van der Waals surface area contributed by atoms with Crippen molar-refractivity contribution in [1.29, 1.82) is 0 Å². The van der Waals surface area contributed by atoms with Gasteiger partial charge in [-0.05, 0) is 49.2 Å². The van der Waals surface area contributed by atoms with Crippen molar-refractivity contribution in [3.63, 3.8) is 0 Å². The molecular weight excluding hydrogens is 304 g/mol. The van der Waals surface area contributed by atoms with Crippen LogP contribution in [0.4, 0.5) is 11.4 Å². The number of ether oxygens (including phenoxy) is 2. The third-order valence-corrected chi connectivity index (χ3v) is 3.63. The molecule has 0 aliphatic carbocycles. The van der Waals surface area contributed by atoms with Crippen LogP contribution in [0.5, 0.6) is 5.75 Å². The first-order chi connectivity index (χ1) is 11.6. The maximum absolute atomic E-state index is 12.1. The van der Waals surface area contributed by atoms with Crippen molar-refractivity contribution in [3.8, 4) is 5.75 Å². The van der Waals surface area contributed by atoms with Gasteiger partial charge in [-0.1, -0.05) is 12.1 Å². The first kappa shape index (κ1) is 17.8. The molecule has 24 heavy (non-hydrogen) atoms. The number of aryl methyl sites for hydroxylation is 2. The molecule has 1 amide bonds. The van der Waals surface area contributed by atoms with Gasteiger partial charge in [0, 0.05) is 24.6 Å². The molecule has 2 N–H and O–H groups in total. The lowest BCUT2D eigenvalue weighted by molar-refractivity contribution is -0.114. The Labute approximate surface area is 143 Å². The van der Waals surface area contributed by atoms with E-state index in [0.29, 0.717) is 24.7 Å². The molecule has 0 aliphatic rings. The number of amides is 1. The normalized spacial score (nSPS) is 10.3. The molecule has 5 heteroatoms. The minimum Gasteiger partial charge on any atom is -0.491 e. The number of carbonyl (C=O) groups excluding carboxylic acids is 1. The second kappa shape index (κ2) is 8.93. The highest BCUT2D eigenvalue weighted by atomic mass is 16.5. The second-order valence-electron chi connectivity index (χ2n) is 5.57. The monoisotopic (exact) mass is 328 g/mol. The molecule has 0 aromatic heterocycles. The molecule has 0 saturated carbocycles. The van der Waals surface area contributed by atoms with E-state index in [2.05, 4.69) is 24.5 Å². The maximum atomic E-state index is 12.1. The number of benzene rings is 2. The van der Waals surface area contributed by atoms with Gasteiger partial charge in [-0.2, -0.15) is 0 Å². The summed E-state index contributed by atoms with van der Waals surface area (Å²) in [6.07, 6.45) is 0. The van der Waals surface area contributed by atoms with Gasteiger partial charge in [0.1, 0.15) is 12.4 Å². The molecular formula is C19H24N2O3. The van der Waals surface area contributed by atoms with E-state index >= 15 is 0 Å². The van der Waals surface area contributed by atoms with E-state index in [1.165, 1.54) is 11.1 Å². The van der Waals surface area contributed by atoms with Gasteiger partial charge >= 0.3 is 0 Å². The molecule has 0 saturated heterocycles. The molecule has 5 nitrogen and oxygen atoms in total. The van der Waals surface area contributed by atoms with Crippen LogP contribution in [-0.2, 0) is 9.53 Å². The molecule has 0 unspecified atom stereocenters. The highest BCUT2D eigenvalue weighted by Gasteiger charge is 2.04. The number of nitrogens with one attached hydrogen (secondary N) is 2. The third kappa shape index (κ3) is 5.59. The van der Waals surface area contributed by atoms with Crippen molar-refractivity contribution in [2.75, 3.05) is 37.5 Å². The van der Waals surface area contributed by atoms with Crippen molar-refractivity contribution in [2.24, 2.45) is 0 Å². The molecule has 0 heterocycles. The Morgan fingerprint density at radius 1 is 1.00 bits per heavy atom. The Bertz CT molecular complexity index is 686. The zero-order valence-electron chi connectivity index (χ0n) is 14.4. The molecule has 0 aliphatic heterocycles. The standard InChI is InChI=1S/C19H24N2O3/c1-14-7-8-16(11-15(14)2)20-13-19(22)21-17-5-4-6-18(12-17)24-10-9-23-3/h4-8,11-12,20H,9-10,13H2,1-3H3,(H,21,22). The lowest BCUT2D eigenvalue weighted by Gasteiger charge is -2.11. The molecule has 2 rings (SSSR count). The number of methoxy groups -OCH3 is 1. The van der Waals surface area contributed by atoms with Gasteiger partial charge in [-0.15, -0.1) is 0 Å². The summed E-state index contributed by atoms with van der Waals surface area (Å²) in [7, 11) is 1.63. The van der Waals surface area contributed by atoms with Crippen LogP contribution >= 0.6 is 0 Å². The van der Waals surface area contributed by atoms with E-state index in [9.17, 15) is 4.79 Å². The Morgan fingerprint density at radius 2 is 1.83 bits per heavy atom. The second-order valence-corrected chi connectivity index (χ2v) is 5.57. The molecule has 0 atom stereocenters. The molecule has 2 aromatic carbocycles. The van der Waals surface area contributed by atoms with Crippen LogP contribution in [0.15, 0.2) is 42.5 Å². The summed E-state index contributed by atoms with van der Waals surface area (Å²) in [6.45, 7) is 5.32. The van der Waals surface area contributed by atoms with Crippen LogP contribution in [-0.4, -0.2) is 32.8 Å². The van der Waals surface area contributed by atoms with Crippen molar-refractivity contribution >= 4 is 17.3 Å². The van der Waals surface area contributed by atoms with E-state index in [0.717, 1.165) is 5.69 Å². The predicted molar refractivity (Wildman–Crippen MR) is 96.8 cm³/mol. The van der Waals surface area contributed by atoms with Crippen LogP contribution in [0.1, 0.15) is 11.1 Å². The van der Waals surface area contributed by atoms with E-state index < -0.39 is 0 Å². The van der Waals surface area contributed by atoms with Crippen molar-refractivity contribution in [2.45, 2.75) is 13.8 Å². The Kier molecular flexibility index (Phi) is 6.63. The van der Waals surface area contributed by atoms with Crippen LogP contribution in [0.25, 0.3) is 0 Å². The Morgan fingerprint density at radius 3 is 2.58 bits per heavy atom. The number of anilines is 2. The van der Waals surface area contributed by atoms with Crippen molar-refractivity contribution < 1.29 is 14.3 Å². The number of hydrogen-bond donors (Lipinski definition) is 2. The summed E-state index contributed by atoms with van der Waals surface area (Å²) >= 11 is 0. The summed E-state index contributed by atoms with van der Waals surface area (Å²) in [4.78, 5) is 12.1. The largest absolute Gasteiger partial charge is 0.491 e. The smallest absolute Gasteiger partial charge is 0.243 e. The SMILES string of the molecule is COCCOc1cccc(NC(=O)CNc2ccc(C)c(C)c2)c1. The minimum atomic E-state index is -0.109. The maximum Gasteiger partial charge on any atom is 0.243 e. The van der Waals surface area contributed by atoms with Crippen LogP contribution in [0.3, 0.4) is 0 Å². The molecule has 128 valence electrons. The van der Waals surface area contributed by atoms with Crippen molar-refractivity contribution in [1.82, 2.24) is 0 Å². The predicted octanol–water partition coefficient (Wildman–Crippen LogP) is 3.38. The minimum absolute atomic E-state index is 0.109. The molecule has 2 aromatic rings. The van der Waals surface area contributed by atoms with Gasteiger partial charge in [-0.3, -0.25) is 4.79 Å². The van der Waals surface area contributed by atoms with E-state index in [4.69, 9.17) is 9.47 Å². The highest BCUT2D eigenvalue weighted by molar-refractivity contribution is 5.93. The lowest BCUT2D eigenvalue weighted by Crippen LogP contribution is -2.21. The van der Waals surface area contributed by atoms with Crippen LogP contribution in [0, 0.1) is 13.8 Å². The summed E-state index contributed by atoms with van der Waals surface area (Å²) in [6, 6.07) is 13.4. The van der Waals surface area contributed by atoms with E-state index in [1.54, 1.807) is 13.2 Å². The third-order valence-electron chi connectivity index (χ3n) is 3.63. The van der Waals surface area contributed by atoms with Gasteiger partial charge in [-0.25, -0.2) is 0 Å². The van der Waals surface area contributed by atoms with Crippen molar-refractivity contribution in [3.05, 3.63) is 53.6 Å². The zero-order valence-corrected chi connectivity index (χ0v) is 14.4. The fraction of sp³-hybridized carbons (Fsp3) is 0.316. The highest BCUT2D eigenvalue weighted by Crippen LogP contribution is 2.17. The Balaban J connectivity index is 1.85. The molecule has 0 spiro atoms. The van der Waals surface area contributed by atoms with E-state index in [1.807, 2.05) is 36.4 Å². The molecule has 0 fully saturated rings. The fourth-order valence-electron chi connectivity index (χ4n) is 2.15. The average molecular weight is 328 g/mol. The van der Waals surface area contributed by atoms with Gasteiger partial charge < -0.3 is 20.1 Å². The number of rotatable bonds is 8. The van der Waals surface area contributed by atoms with Gasteiger partial charge in [0.2, 0.25) is 5.91 Å².